The highest BCUT2D eigenvalue weighted by molar-refractivity contribution is 7.22. The van der Waals surface area contributed by atoms with Crippen LogP contribution >= 0.6 is 34.5 Å². The van der Waals surface area contributed by atoms with Crippen LogP contribution in [0, 0.1) is 11.2 Å². The molecule has 1 aliphatic heterocycles. The highest BCUT2D eigenvalue weighted by Gasteiger charge is 2.49. The number of benzene rings is 2. The van der Waals surface area contributed by atoms with Crippen LogP contribution in [-0.2, 0) is 11.3 Å². The quantitative estimate of drug-likeness (QED) is 0.204. The number of thiazole rings is 1. The number of fused-ring (bicyclic) bond motifs is 1. The second-order valence-electron chi connectivity index (χ2n) is 11.1. The van der Waals surface area contributed by atoms with Gasteiger partial charge in [0.05, 0.1) is 27.5 Å². The van der Waals surface area contributed by atoms with E-state index in [1.54, 1.807) is 6.07 Å². The average Bonchev–Trinajstić information content (AvgIpc) is 3.28. The van der Waals surface area contributed by atoms with Gasteiger partial charge in [-0.1, -0.05) is 45.8 Å². The molecule has 2 aromatic heterocycles. The van der Waals surface area contributed by atoms with E-state index >= 15 is 0 Å². The summed E-state index contributed by atoms with van der Waals surface area (Å²) in [4.78, 5) is 18.6. The fraction of sp³-hybridized carbons (Fsp3) is 0.414. The van der Waals surface area contributed by atoms with Gasteiger partial charge in [0.2, 0.25) is 0 Å². The first kappa shape index (κ1) is 25.4. The van der Waals surface area contributed by atoms with Crippen molar-refractivity contribution in [1.82, 2.24) is 10.1 Å². The fourth-order valence-electron chi connectivity index (χ4n) is 6.02. The summed E-state index contributed by atoms with van der Waals surface area (Å²) < 4.78 is 27.5. The van der Waals surface area contributed by atoms with Gasteiger partial charge in [-0.15, -0.1) is 0 Å². The molecule has 202 valence electrons. The first-order valence-electron chi connectivity index (χ1n) is 13.2. The van der Waals surface area contributed by atoms with Crippen molar-refractivity contribution in [2.75, 3.05) is 18.0 Å². The lowest BCUT2D eigenvalue weighted by atomic mass is 9.66. The minimum atomic E-state index is -0.442. The van der Waals surface area contributed by atoms with Crippen molar-refractivity contribution in [2.24, 2.45) is 5.41 Å². The van der Waals surface area contributed by atoms with Crippen molar-refractivity contribution in [3.63, 3.8) is 0 Å². The number of carbonyl (C=O) groups is 1. The zero-order chi connectivity index (χ0) is 26.9. The first-order chi connectivity index (χ1) is 18.8. The minimum Gasteiger partial charge on any atom is -0.373 e. The van der Waals surface area contributed by atoms with E-state index in [-0.39, 0.29) is 17.3 Å². The third-order valence-corrected chi connectivity index (χ3v) is 10.00. The molecule has 0 atom stereocenters. The van der Waals surface area contributed by atoms with Gasteiger partial charge in [0.25, 0.3) is 0 Å². The number of rotatable bonds is 7. The Hall–Kier alpha value is -2.52. The third kappa shape index (κ3) is 4.55. The minimum absolute atomic E-state index is 0.146. The van der Waals surface area contributed by atoms with Gasteiger partial charge in [-0.25, -0.2) is 9.37 Å². The lowest BCUT2D eigenvalue weighted by molar-refractivity contribution is -0.0796. The van der Waals surface area contributed by atoms with E-state index in [0.717, 1.165) is 61.6 Å². The van der Waals surface area contributed by atoms with Gasteiger partial charge in [-0.2, -0.15) is 0 Å². The highest BCUT2D eigenvalue weighted by Crippen LogP contribution is 2.52. The Morgan fingerprint density at radius 3 is 2.74 bits per heavy atom. The summed E-state index contributed by atoms with van der Waals surface area (Å²) in [6.45, 7) is 3.60. The van der Waals surface area contributed by atoms with Crippen LogP contribution in [0.4, 0.5) is 9.52 Å². The van der Waals surface area contributed by atoms with Crippen molar-refractivity contribution in [3.8, 4) is 11.3 Å². The molecule has 3 fully saturated rings. The van der Waals surface area contributed by atoms with Gasteiger partial charge in [-0.3, -0.25) is 4.79 Å². The molecule has 2 aliphatic carbocycles. The lowest BCUT2D eigenvalue weighted by Crippen LogP contribution is -2.44. The van der Waals surface area contributed by atoms with Crippen LogP contribution < -0.4 is 4.90 Å². The summed E-state index contributed by atoms with van der Waals surface area (Å²) in [5.41, 5.74) is 3.20. The molecule has 6 nitrogen and oxygen atoms in total. The number of hydrogen-bond acceptors (Lipinski definition) is 7. The smallest absolute Gasteiger partial charge is 0.186 e. The SMILES string of the molecule is CC(=O)c1cc(F)c2nc(N3CCC4(CC(OCc5c(-c6c(Cl)cccc6Cl)noc5C5CC5)C4)C3)sc2c1. The maximum Gasteiger partial charge on any atom is 0.186 e. The molecule has 4 aromatic rings. The normalized spacial score (nSPS) is 22.7. The molecule has 7 rings (SSSR count). The zero-order valence-corrected chi connectivity index (χ0v) is 23.6. The van der Waals surface area contributed by atoms with Crippen molar-refractivity contribution in [3.05, 3.63) is 63.1 Å². The van der Waals surface area contributed by atoms with E-state index in [1.165, 1.54) is 24.3 Å². The van der Waals surface area contributed by atoms with Crippen LogP contribution in [-0.4, -0.2) is 35.1 Å². The molecule has 0 unspecified atom stereocenters. The van der Waals surface area contributed by atoms with Crippen LogP contribution in [0.5, 0.6) is 0 Å². The predicted molar refractivity (Wildman–Crippen MR) is 151 cm³/mol. The maximum absolute atomic E-state index is 14.6. The van der Waals surface area contributed by atoms with Crippen LogP contribution in [0.2, 0.25) is 10.0 Å². The number of aromatic nitrogens is 2. The number of halogens is 3. The number of hydrogen-bond donors (Lipinski definition) is 0. The average molecular weight is 587 g/mol. The zero-order valence-electron chi connectivity index (χ0n) is 21.3. The van der Waals surface area contributed by atoms with E-state index in [9.17, 15) is 9.18 Å². The molecule has 3 heterocycles. The summed E-state index contributed by atoms with van der Waals surface area (Å²) in [6.07, 6.45) is 5.29. The molecular weight excluding hydrogens is 560 g/mol. The topological polar surface area (TPSA) is 68.5 Å². The first-order valence-corrected chi connectivity index (χ1v) is 14.8. The maximum atomic E-state index is 14.6. The number of carbonyl (C=O) groups excluding carboxylic acids is 1. The lowest BCUT2D eigenvalue weighted by Gasteiger charge is -2.44. The Kier molecular flexibility index (Phi) is 6.23. The summed E-state index contributed by atoms with van der Waals surface area (Å²) in [7, 11) is 0. The van der Waals surface area contributed by atoms with Crippen LogP contribution in [0.15, 0.2) is 34.9 Å². The molecule has 2 saturated carbocycles. The van der Waals surface area contributed by atoms with Gasteiger partial charge in [-0.05, 0) is 68.7 Å². The van der Waals surface area contributed by atoms with Crippen molar-refractivity contribution >= 4 is 55.7 Å². The predicted octanol–water partition coefficient (Wildman–Crippen LogP) is 8.05. The van der Waals surface area contributed by atoms with E-state index in [1.807, 2.05) is 18.2 Å². The molecule has 3 aliphatic rings. The van der Waals surface area contributed by atoms with Crippen molar-refractivity contribution in [1.29, 1.82) is 0 Å². The van der Waals surface area contributed by atoms with Crippen LogP contribution in [0.25, 0.3) is 21.5 Å². The second kappa shape index (κ2) is 9.54. The molecule has 0 amide bonds. The standard InChI is InChI=1S/C29H26Cl2FN3O3S/c1-15(36)17-9-22(32)26-23(10-17)39-28(33-26)35-8-7-29(14-35)11-18(12-29)37-13-19-25(34-38-27(19)16-5-6-16)24-20(30)3-2-4-21(24)31/h2-4,9-10,16,18H,5-8,11-14H2,1H3. The molecule has 39 heavy (non-hydrogen) atoms. The molecule has 0 N–H and O–H groups in total. The van der Waals surface area contributed by atoms with Gasteiger partial charge in [0, 0.05) is 35.7 Å². The van der Waals surface area contributed by atoms with E-state index in [2.05, 4.69) is 15.0 Å². The molecule has 1 spiro atoms. The summed E-state index contributed by atoms with van der Waals surface area (Å²) >= 11 is 14.4. The molecule has 10 heteroatoms. The highest BCUT2D eigenvalue weighted by atomic mass is 35.5. The number of anilines is 1. The second-order valence-corrected chi connectivity index (χ2v) is 12.9. The number of Topliss-reactive ketones (excluding diaryl/α,β-unsaturated/α-hetero) is 1. The Balaban J connectivity index is 1.03. The van der Waals surface area contributed by atoms with E-state index in [4.69, 9.17) is 32.5 Å². The molecular formula is C29H26Cl2FN3O3S. The van der Waals surface area contributed by atoms with E-state index < -0.39 is 5.82 Å². The number of ether oxygens (including phenoxy) is 1. The van der Waals surface area contributed by atoms with Gasteiger partial charge >= 0.3 is 0 Å². The molecule has 0 radical (unpaired) electrons. The van der Waals surface area contributed by atoms with Gasteiger partial charge < -0.3 is 14.2 Å². The summed E-state index contributed by atoms with van der Waals surface area (Å²) in [5.74, 6) is 0.678. The van der Waals surface area contributed by atoms with E-state index in [0.29, 0.717) is 49.6 Å². The summed E-state index contributed by atoms with van der Waals surface area (Å²) in [5, 5.41) is 6.26. The fourth-order valence-corrected chi connectivity index (χ4v) is 7.64. The van der Waals surface area contributed by atoms with Gasteiger partial charge in [0.15, 0.2) is 16.7 Å². The third-order valence-electron chi connectivity index (χ3n) is 8.30. The Bertz CT molecular complexity index is 1590. The Labute approximate surface area is 239 Å². The Morgan fingerprint density at radius 1 is 1.26 bits per heavy atom. The van der Waals surface area contributed by atoms with Crippen molar-refractivity contribution in [2.45, 2.75) is 57.7 Å². The Morgan fingerprint density at radius 2 is 2.03 bits per heavy atom. The molecule has 1 saturated heterocycles. The summed E-state index contributed by atoms with van der Waals surface area (Å²) in [6, 6.07) is 8.46. The van der Waals surface area contributed by atoms with Gasteiger partial charge in [0.1, 0.15) is 17.0 Å². The largest absolute Gasteiger partial charge is 0.373 e. The number of ketones is 1. The number of nitrogens with zero attached hydrogens (tertiary/aromatic N) is 3. The molecule has 2 aromatic carbocycles. The van der Waals surface area contributed by atoms with Crippen LogP contribution in [0.3, 0.4) is 0 Å². The van der Waals surface area contributed by atoms with Crippen molar-refractivity contribution < 1.29 is 18.4 Å². The monoisotopic (exact) mass is 585 g/mol. The molecule has 0 bridgehead atoms. The van der Waals surface area contributed by atoms with Crippen LogP contribution in [0.1, 0.15) is 66.6 Å².